The molecule has 0 saturated carbocycles. The molecule has 1 aromatic carbocycles. The highest BCUT2D eigenvalue weighted by Gasteiger charge is 2.12. The SMILES string of the molecule is CCCCCOCC(=O)c1ccc(F)cc1F. The zero-order valence-corrected chi connectivity index (χ0v) is 9.84. The van der Waals surface area contributed by atoms with Crippen LogP contribution in [0.5, 0.6) is 0 Å². The molecular formula is C13H16F2O2. The van der Waals surface area contributed by atoms with Crippen LogP contribution in [0, 0.1) is 11.6 Å². The summed E-state index contributed by atoms with van der Waals surface area (Å²) in [5, 5.41) is 0. The molecule has 1 aromatic rings. The Labute approximate surface area is 99.6 Å². The predicted octanol–water partition coefficient (Wildman–Crippen LogP) is 3.35. The molecule has 0 aliphatic heterocycles. The summed E-state index contributed by atoms with van der Waals surface area (Å²) >= 11 is 0. The Hall–Kier alpha value is -1.29. The topological polar surface area (TPSA) is 26.3 Å². The van der Waals surface area contributed by atoms with Gasteiger partial charge in [-0.2, -0.15) is 0 Å². The average Bonchev–Trinajstić information content (AvgIpc) is 2.28. The van der Waals surface area contributed by atoms with Crippen LogP contribution >= 0.6 is 0 Å². The summed E-state index contributed by atoms with van der Waals surface area (Å²) in [6.07, 6.45) is 3.00. The van der Waals surface area contributed by atoms with Crippen molar-refractivity contribution in [1.82, 2.24) is 0 Å². The van der Waals surface area contributed by atoms with Crippen LogP contribution in [-0.2, 0) is 4.74 Å². The van der Waals surface area contributed by atoms with Gasteiger partial charge < -0.3 is 4.74 Å². The summed E-state index contributed by atoms with van der Waals surface area (Å²) in [7, 11) is 0. The van der Waals surface area contributed by atoms with E-state index < -0.39 is 17.4 Å². The molecule has 0 amide bonds. The average molecular weight is 242 g/mol. The van der Waals surface area contributed by atoms with Crippen molar-refractivity contribution in [3.8, 4) is 0 Å². The van der Waals surface area contributed by atoms with Crippen molar-refractivity contribution < 1.29 is 18.3 Å². The largest absolute Gasteiger partial charge is 0.373 e. The number of rotatable bonds is 7. The Kier molecular flexibility index (Phi) is 5.77. The van der Waals surface area contributed by atoms with Crippen LogP contribution in [0.4, 0.5) is 8.78 Å². The molecule has 0 heterocycles. The summed E-state index contributed by atoms with van der Waals surface area (Å²) in [5.41, 5.74) is -0.123. The third-order valence-corrected chi connectivity index (χ3v) is 2.36. The van der Waals surface area contributed by atoms with Crippen LogP contribution in [0.25, 0.3) is 0 Å². The summed E-state index contributed by atoms with van der Waals surface area (Å²) in [5.74, 6) is -1.99. The third-order valence-electron chi connectivity index (χ3n) is 2.36. The summed E-state index contributed by atoms with van der Waals surface area (Å²) in [6.45, 7) is 2.40. The molecule has 0 bridgehead atoms. The van der Waals surface area contributed by atoms with Crippen LogP contribution in [0.15, 0.2) is 18.2 Å². The first-order valence-electron chi connectivity index (χ1n) is 5.71. The van der Waals surface area contributed by atoms with Gasteiger partial charge in [-0.25, -0.2) is 8.78 Å². The molecule has 0 atom stereocenters. The van der Waals surface area contributed by atoms with Crippen LogP contribution in [0.3, 0.4) is 0 Å². The van der Waals surface area contributed by atoms with E-state index in [1.807, 2.05) is 0 Å². The number of unbranched alkanes of at least 4 members (excludes halogenated alkanes) is 2. The molecule has 0 N–H and O–H groups in total. The Morgan fingerprint density at radius 2 is 2.06 bits per heavy atom. The van der Waals surface area contributed by atoms with Crippen LogP contribution in [0.2, 0.25) is 0 Å². The number of benzene rings is 1. The first kappa shape index (κ1) is 13.8. The number of ketones is 1. The van der Waals surface area contributed by atoms with Crippen molar-refractivity contribution in [3.63, 3.8) is 0 Å². The van der Waals surface area contributed by atoms with Crippen molar-refractivity contribution in [1.29, 1.82) is 0 Å². The quantitative estimate of drug-likeness (QED) is 0.541. The Balaban J connectivity index is 2.42. The van der Waals surface area contributed by atoms with Crippen molar-refractivity contribution in [2.24, 2.45) is 0 Å². The molecule has 0 spiro atoms. The van der Waals surface area contributed by atoms with E-state index in [9.17, 15) is 13.6 Å². The second-order valence-corrected chi connectivity index (χ2v) is 3.81. The van der Waals surface area contributed by atoms with Crippen molar-refractivity contribution >= 4 is 5.78 Å². The Morgan fingerprint density at radius 3 is 2.71 bits per heavy atom. The summed E-state index contributed by atoms with van der Waals surface area (Å²) in [6, 6.07) is 2.90. The molecule has 0 aliphatic rings. The molecule has 17 heavy (non-hydrogen) atoms. The predicted molar refractivity (Wildman–Crippen MR) is 61.0 cm³/mol. The molecule has 94 valence electrons. The van der Waals surface area contributed by atoms with Crippen molar-refractivity contribution in [2.45, 2.75) is 26.2 Å². The van der Waals surface area contributed by atoms with Gasteiger partial charge in [-0.1, -0.05) is 19.8 Å². The molecule has 4 heteroatoms. The molecule has 0 aromatic heterocycles. The van der Waals surface area contributed by atoms with Gasteiger partial charge in [-0.15, -0.1) is 0 Å². The number of hydrogen-bond donors (Lipinski definition) is 0. The molecule has 0 saturated heterocycles. The number of halogens is 2. The molecule has 0 fully saturated rings. The minimum Gasteiger partial charge on any atom is -0.373 e. The van der Waals surface area contributed by atoms with Crippen molar-refractivity contribution in [3.05, 3.63) is 35.4 Å². The maximum absolute atomic E-state index is 13.2. The fraction of sp³-hybridized carbons (Fsp3) is 0.462. The first-order chi connectivity index (χ1) is 8.15. The standard InChI is InChI=1S/C13H16F2O2/c1-2-3-4-7-17-9-13(16)11-6-5-10(14)8-12(11)15/h5-6,8H,2-4,7,9H2,1H3. The van der Waals surface area contributed by atoms with Gasteiger partial charge in [0.25, 0.3) is 0 Å². The van der Waals surface area contributed by atoms with E-state index in [2.05, 4.69) is 6.92 Å². The fourth-order valence-corrected chi connectivity index (χ4v) is 1.41. The van der Waals surface area contributed by atoms with Gasteiger partial charge >= 0.3 is 0 Å². The van der Waals surface area contributed by atoms with Gasteiger partial charge in [0.2, 0.25) is 0 Å². The highest BCUT2D eigenvalue weighted by molar-refractivity contribution is 5.97. The molecule has 0 aliphatic carbocycles. The van der Waals surface area contributed by atoms with E-state index in [-0.39, 0.29) is 12.2 Å². The van der Waals surface area contributed by atoms with Gasteiger partial charge in [-0.3, -0.25) is 4.79 Å². The van der Waals surface area contributed by atoms with E-state index in [0.29, 0.717) is 12.7 Å². The van der Waals surface area contributed by atoms with E-state index in [1.165, 1.54) is 0 Å². The fourth-order valence-electron chi connectivity index (χ4n) is 1.41. The molecule has 0 radical (unpaired) electrons. The zero-order valence-electron chi connectivity index (χ0n) is 9.84. The highest BCUT2D eigenvalue weighted by atomic mass is 19.1. The van der Waals surface area contributed by atoms with E-state index >= 15 is 0 Å². The van der Waals surface area contributed by atoms with Gasteiger partial charge in [0.1, 0.15) is 18.2 Å². The molecular weight excluding hydrogens is 226 g/mol. The van der Waals surface area contributed by atoms with Crippen LogP contribution in [0.1, 0.15) is 36.5 Å². The van der Waals surface area contributed by atoms with Gasteiger partial charge in [0.15, 0.2) is 5.78 Å². The molecule has 2 nitrogen and oxygen atoms in total. The van der Waals surface area contributed by atoms with E-state index in [4.69, 9.17) is 4.74 Å². The number of hydrogen-bond acceptors (Lipinski definition) is 2. The van der Waals surface area contributed by atoms with E-state index in [1.54, 1.807) is 0 Å². The van der Waals surface area contributed by atoms with Crippen LogP contribution < -0.4 is 0 Å². The lowest BCUT2D eigenvalue weighted by Gasteiger charge is -2.04. The lowest BCUT2D eigenvalue weighted by atomic mass is 10.1. The zero-order chi connectivity index (χ0) is 12.7. The van der Waals surface area contributed by atoms with E-state index in [0.717, 1.165) is 31.4 Å². The number of carbonyl (C=O) groups excluding carboxylic acids is 1. The summed E-state index contributed by atoms with van der Waals surface area (Å²) < 4.78 is 31.0. The Morgan fingerprint density at radius 1 is 1.29 bits per heavy atom. The van der Waals surface area contributed by atoms with Crippen LogP contribution in [-0.4, -0.2) is 19.0 Å². The molecule has 0 unspecified atom stereocenters. The second kappa shape index (κ2) is 7.12. The van der Waals surface area contributed by atoms with Crippen molar-refractivity contribution in [2.75, 3.05) is 13.2 Å². The normalized spacial score (nSPS) is 10.5. The number of ether oxygens (including phenoxy) is 1. The highest BCUT2D eigenvalue weighted by Crippen LogP contribution is 2.10. The lowest BCUT2D eigenvalue weighted by molar-refractivity contribution is 0.0749. The third kappa shape index (κ3) is 4.61. The monoisotopic (exact) mass is 242 g/mol. The number of Topliss-reactive ketones (excluding diaryl/α,β-unsaturated/α-hetero) is 1. The molecule has 1 rings (SSSR count). The smallest absolute Gasteiger partial charge is 0.191 e. The first-order valence-corrected chi connectivity index (χ1v) is 5.71. The number of carbonyl (C=O) groups is 1. The minimum atomic E-state index is -0.841. The maximum atomic E-state index is 13.2. The second-order valence-electron chi connectivity index (χ2n) is 3.81. The van der Waals surface area contributed by atoms with Gasteiger partial charge in [0, 0.05) is 12.7 Å². The van der Waals surface area contributed by atoms with Gasteiger partial charge in [-0.05, 0) is 18.6 Å². The maximum Gasteiger partial charge on any atom is 0.191 e. The minimum absolute atomic E-state index is 0.123. The Bertz CT molecular complexity index is 378. The summed E-state index contributed by atoms with van der Waals surface area (Å²) in [4.78, 5) is 11.5. The lowest BCUT2D eigenvalue weighted by Crippen LogP contribution is -2.11. The van der Waals surface area contributed by atoms with Gasteiger partial charge in [0.05, 0.1) is 5.56 Å².